The third-order valence-corrected chi connectivity index (χ3v) is 3.62. The number of fused-ring (bicyclic) bond motifs is 1. The summed E-state index contributed by atoms with van der Waals surface area (Å²) in [5.74, 6) is -1.23. The van der Waals surface area contributed by atoms with Crippen LogP contribution < -0.4 is 5.73 Å². The zero-order valence-electron chi connectivity index (χ0n) is 11.5. The minimum Gasteiger partial charge on any atom is -0.320 e. The Bertz CT molecular complexity index is 815. The lowest BCUT2D eigenvalue weighted by atomic mass is 9.96. The summed E-state index contributed by atoms with van der Waals surface area (Å²) < 4.78 is 28.1. The van der Waals surface area contributed by atoms with E-state index in [-0.39, 0.29) is 5.56 Å². The van der Waals surface area contributed by atoms with Crippen LogP contribution in [0.2, 0.25) is 0 Å². The minimum atomic E-state index is -0.865. The predicted octanol–water partition coefficient (Wildman–Crippen LogP) is 3.87. The lowest BCUT2D eigenvalue weighted by molar-refractivity contribution is 0.538. The first-order chi connectivity index (χ1) is 10.1. The Hall–Kier alpha value is -2.33. The molecule has 1 unspecified atom stereocenters. The lowest BCUT2D eigenvalue weighted by Gasteiger charge is -2.16. The van der Waals surface area contributed by atoms with Gasteiger partial charge in [-0.1, -0.05) is 24.3 Å². The van der Waals surface area contributed by atoms with Gasteiger partial charge < -0.3 is 5.73 Å². The monoisotopic (exact) mass is 284 g/mol. The van der Waals surface area contributed by atoms with Gasteiger partial charge in [0.1, 0.15) is 11.6 Å². The van der Waals surface area contributed by atoms with Crippen LogP contribution in [-0.2, 0) is 0 Å². The smallest absolute Gasteiger partial charge is 0.134 e. The van der Waals surface area contributed by atoms with Crippen molar-refractivity contribution in [2.75, 3.05) is 0 Å². The molecule has 3 aromatic rings. The van der Waals surface area contributed by atoms with E-state index in [1.807, 2.05) is 18.2 Å². The highest BCUT2D eigenvalue weighted by Crippen LogP contribution is 2.28. The largest absolute Gasteiger partial charge is 0.320 e. The molecule has 21 heavy (non-hydrogen) atoms. The molecular weight excluding hydrogens is 270 g/mol. The van der Waals surface area contributed by atoms with E-state index in [4.69, 9.17) is 5.73 Å². The summed E-state index contributed by atoms with van der Waals surface area (Å²) in [5, 5.41) is 0.957. The van der Waals surface area contributed by atoms with Gasteiger partial charge in [0.2, 0.25) is 0 Å². The second-order valence-electron chi connectivity index (χ2n) is 5.03. The van der Waals surface area contributed by atoms with Crippen molar-refractivity contribution in [3.8, 4) is 0 Å². The normalized spacial score (nSPS) is 12.6. The molecule has 0 radical (unpaired) electrons. The van der Waals surface area contributed by atoms with Gasteiger partial charge in [0.05, 0.1) is 11.6 Å². The van der Waals surface area contributed by atoms with Crippen LogP contribution in [0.5, 0.6) is 0 Å². The highest BCUT2D eigenvalue weighted by atomic mass is 19.1. The predicted molar refractivity (Wildman–Crippen MR) is 78.9 cm³/mol. The molecule has 4 heteroatoms. The van der Waals surface area contributed by atoms with Crippen LogP contribution in [-0.4, -0.2) is 4.98 Å². The van der Waals surface area contributed by atoms with Crippen LogP contribution in [0.4, 0.5) is 8.78 Å². The van der Waals surface area contributed by atoms with E-state index in [1.165, 1.54) is 12.1 Å². The Kier molecular flexibility index (Phi) is 3.39. The van der Waals surface area contributed by atoms with E-state index < -0.39 is 17.7 Å². The number of aromatic nitrogens is 1. The number of hydrogen-bond donors (Lipinski definition) is 1. The second kappa shape index (κ2) is 5.22. The molecule has 0 amide bonds. The summed E-state index contributed by atoms with van der Waals surface area (Å²) in [6.45, 7) is 1.59. The number of nitrogens with two attached hydrogens (primary N) is 1. The van der Waals surface area contributed by atoms with Gasteiger partial charge in [-0.25, -0.2) is 8.78 Å². The highest BCUT2D eigenvalue weighted by molar-refractivity contribution is 5.79. The van der Waals surface area contributed by atoms with Gasteiger partial charge in [0.25, 0.3) is 0 Å². The number of hydrogen-bond acceptors (Lipinski definition) is 2. The summed E-state index contributed by atoms with van der Waals surface area (Å²) in [5.41, 5.74) is 7.72. The molecule has 2 aromatic carbocycles. The first kappa shape index (κ1) is 13.6. The Morgan fingerprint density at radius 2 is 1.90 bits per heavy atom. The third-order valence-electron chi connectivity index (χ3n) is 3.62. The maximum Gasteiger partial charge on any atom is 0.134 e. The van der Waals surface area contributed by atoms with Crippen molar-refractivity contribution < 1.29 is 8.78 Å². The van der Waals surface area contributed by atoms with Crippen LogP contribution in [0.1, 0.15) is 22.7 Å². The van der Waals surface area contributed by atoms with Crippen LogP contribution in [0, 0.1) is 18.6 Å². The number of pyridine rings is 1. The van der Waals surface area contributed by atoms with Gasteiger partial charge in [0.15, 0.2) is 0 Å². The molecule has 1 atom stereocenters. The van der Waals surface area contributed by atoms with E-state index in [0.717, 1.165) is 10.9 Å². The third kappa shape index (κ3) is 2.38. The van der Waals surface area contributed by atoms with Gasteiger partial charge in [-0.15, -0.1) is 0 Å². The summed E-state index contributed by atoms with van der Waals surface area (Å²) in [6, 6.07) is 10.9. The fourth-order valence-electron chi connectivity index (χ4n) is 2.41. The first-order valence-electron chi connectivity index (χ1n) is 6.62. The van der Waals surface area contributed by atoms with Gasteiger partial charge in [-0.05, 0) is 36.2 Å². The molecule has 0 saturated carbocycles. The Balaban J connectivity index is 2.12. The van der Waals surface area contributed by atoms with E-state index in [9.17, 15) is 8.78 Å². The average Bonchev–Trinajstić information content (AvgIpc) is 2.51. The molecule has 0 aliphatic heterocycles. The molecule has 1 aromatic heterocycles. The average molecular weight is 284 g/mol. The number of nitrogens with zero attached hydrogens (tertiary/aromatic N) is 1. The summed E-state index contributed by atoms with van der Waals surface area (Å²) in [6.07, 6.45) is 1.67. The maximum absolute atomic E-state index is 14.2. The zero-order chi connectivity index (χ0) is 15.0. The maximum atomic E-state index is 14.2. The van der Waals surface area contributed by atoms with Crippen molar-refractivity contribution in [2.24, 2.45) is 5.73 Å². The van der Waals surface area contributed by atoms with Crippen molar-refractivity contribution >= 4 is 10.9 Å². The number of benzene rings is 2. The van der Waals surface area contributed by atoms with Gasteiger partial charge in [-0.2, -0.15) is 0 Å². The molecular formula is C17H14F2N2. The first-order valence-corrected chi connectivity index (χ1v) is 6.62. The molecule has 1 heterocycles. The molecule has 0 saturated heterocycles. The van der Waals surface area contributed by atoms with Crippen molar-refractivity contribution in [3.63, 3.8) is 0 Å². The van der Waals surface area contributed by atoms with Crippen LogP contribution in [0.25, 0.3) is 10.9 Å². The topological polar surface area (TPSA) is 38.9 Å². The van der Waals surface area contributed by atoms with E-state index in [2.05, 4.69) is 4.98 Å². The highest BCUT2D eigenvalue weighted by Gasteiger charge is 2.20. The standard InChI is InChI=1S/C17H14F2N2/c1-10-4-7-13(18)15(16(10)19)17(20)12-6-5-11-3-2-8-21-14(11)9-12/h2-9,17H,20H2,1H3. The summed E-state index contributed by atoms with van der Waals surface area (Å²) in [4.78, 5) is 4.24. The number of rotatable bonds is 2. The van der Waals surface area contributed by atoms with Crippen molar-refractivity contribution in [1.82, 2.24) is 4.98 Å². The van der Waals surface area contributed by atoms with Crippen molar-refractivity contribution in [3.05, 3.63) is 77.0 Å². The van der Waals surface area contributed by atoms with Gasteiger partial charge in [0, 0.05) is 17.1 Å². The number of aryl methyl sites for hydroxylation is 1. The molecule has 0 fully saturated rings. The fraction of sp³-hybridized carbons (Fsp3) is 0.118. The summed E-state index contributed by atoms with van der Waals surface area (Å²) >= 11 is 0. The molecule has 2 nitrogen and oxygen atoms in total. The van der Waals surface area contributed by atoms with Crippen LogP contribution in [0.3, 0.4) is 0 Å². The Labute approximate surface area is 121 Å². The SMILES string of the molecule is Cc1ccc(F)c(C(N)c2ccc3cccnc3c2)c1F. The van der Waals surface area contributed by atoms with Gasteiger partial charge in [-0.3, -0.25) is 4.98 Å². The van der Waals surface area contributed by atoms with Crippen molar-refractivity contribution in [2.45, 2.75) is 13.0 Å². The second-order valence-corrected chi connectivity index (χ2v) is 5.03. The van der Waals surface area contributed by atoms with Gasteiger partial charge >= 0.3 is 0 Å². The lowest BCUT2D eigenvalue weighted by Crippen LogP contribution is -2.16. The zero-order valence-corrected chi connectivity index (χ0v) is 11.5. The molecule has 106 valence electrons. The molecule has 0 aliphatic rings. The van der Waals surface area contributed by atoms with E-state index in [0.29, 0.717) is 11.1 Å². The van der Waals surface area contributed by atoms with E-state index >= 15 is 0 Å². The van der Waals surface area contributed by atoms with Crippen LogP contribution in [0.15, 0.2) is 48.7 Å². The molecule has 2 N–H and O–H groups in total. The molecule has 0 spiro atoms. The number of halogens is 2. The van der Waals surface area contributed by atoms with Crippen molar-refractivity contribution in [1.29, 1.82) is 0 Å². The van der Waals surface area contributed by atoms with E-state index in [1.54, 1.807) is 25.3 Å². The summed E-state index contributed by atoms with van der Waals surface area (Å²) in [7, 11) is 0. The molecule has 0 aliphatic carbocycles. The Morgan fingerprint density at radius 3 is 2.71 bits per heavy atom. The minimum absolute atomic E-state index is 0.106. The van der Waals surface area contributed by atoms with Crippen LogP contribution >= 0.6 is 0 Å². The Morgan fingerprint density at radius 1 is 1.10 bits per heavy atom. The quantitative estimate of drug-likeness (QED) is 0.776. The fourth-order valence-corrected chi connectivity index (χ4v) is 2.41. The molecule has 0 bridgehead atoms. The molecule has 3 rings (SSSR count).